The van der Waals surface area contributed by atoms with E-state index in [0.29, 0.717) is 12.0 Å². The van der Waals surface area contributed by atoms with Crippen LogP contribution in [-0.2, 0) is 16.2 Å². The summed E-state index contributed by atoms with van der Waals surface area (Å²) in [7, 11) is -3.93. The van der Waals surface area contributed by atoms with Crippen molar-refractivity contribution in [2.24, 2.45) is 0 Å². The van der Waals surface area contributed by atoms with Gasteiger partial charge in [0.2, 0.25) is 15.9 Å². The molecular formula is C17H14F3N3O3S. The number of pyridine rings is 1. The molecule has 1 aliphatic rings. The van der Waals surface area contributed by atoms with E-state index in [2.05, 4.69) is 4.98 Å². The first kappa shape index (κ1) is 19.1. The van der Waals surface area contributed by atoms with E-state index in [9.17, 15) is 21.6 Å². The molecule has 0 aliphatic carbocycles. The second-order valence-electron chi connectivity index (χ2n) is 5.91. The highest BCUT2D eigenvalue weighted by Gasteiger charge is 2.35. The molecule has 0 bridgehead atoms. The minimum absolute atomic E-state index is 0.0435. The van der Waals surface area contributed by atoms with Crippen molar-refractivity contribution >= 4 is 10.0 Å². The van der Waals surface area contributed by atoms with Crippen LogP contribution in [0.2, 0.25) is 0 Å². The van der Waals surface area contributed by atoms with Gasteiger partial charge in [0.25, 0.3) is 0 Å². The van der Waals surface area contributed by atoms with Crippen LogP contribution >= 0.6 is 0 Å². The fourth-order valence-corrected chi connectivity index (χ4v) is 4.18. The molecule has 2 aromatic rings. The van der Waals surface area contributed by atoms with Gasteiger partial charge in [-0.1, -0.05) is 0 Å². The van der Waals surface area contributed by atoms with Crippen molar-refractivity contribution in [2.45, 2.75) is 23.6 Å². The molecule has 10 heteroatoms. The van der Waals surface area contributed by atoms with Crippen molar-refractivity contribution in [2.75, 3.05) is 13.1 Å². The Balaban J connectivity index is 1.71. The molecule has 1 aromatic heterocycles. The lowest BCUT2D eigenvalue weighted by Gasteiger charge is -2.17. The average Bonchev–Trinajstić information content (AvgIpc) is 3.10. The first-order chi connectivity index (χ1) is 12.7. The lowest BCUT2D eigenvalue weighted by Crippen LogP contribution is -2.31. The number of halogens is 3. The third-order valence-electron chi connectivity index (χ3n) is 4.08. The third kappa shape index (κ3) is 4.20. The second kappa shape index (κ2) is 7.17. The number of ether oxygens (including phenoxy) is 1. The lowest BCUT2D eigenvalue weighted by molar-refractivity contribution is -0.137. The van der Waals surface area contributed by atoms with Gasteiger partial charge < -0.3 is 4.74 Å². The van der Waals surface area contributed by atoms with Gasteiger partial charge in [-0.15, -0.1) is 0 Å². The number of sulfonamides is 1. The highest BCUT2D eigenvalue weighted by Crippen LogP contribution is 2.31. The summed E-state index contributed by atoms with van der Waals surface area (Å²) in [4.78, 5) is 3.77. The Kier molecular flexibility index (Phi) is 5.08. The van der Waals surface area contributed by atoms with Crippen LogP contribution < -0.4 is 4.74 Å². The van der Waals surface area contributed by atoms with Crippen LogP contribution in [0.4, 0.5) is 13.2 Å². The summed E-state index contributed by atoms with van der Waals surface area (Å²) in [5, 5.41) is 8.88. The molecule has 3 rings (SSSR count). The van der Waals surface area contributed by atoms with Crippen molar-refractivity contribution in [1.29, 1.82) is 5.26 Å². The number of aromatic nitrogens is 1. The van der Waals surface area contributed by atoms with Crippen LogP contribution in [-0.4, -0.2) is 36.9 Å². The zero-order valence-corrected chi connectivity index (χ0v) is 14.7. The summed E-state index contributed by atoms with van der Waals surface area (Å²) in [6, 6.07) is 8.31. The number of nitrogens with zero attached hydrogens (tertiary/aromatic N) is 3. The van der Waals surface area contributed by atoms with E-state index in [1.807, 2.05) is 6.07 Å². The van der Waals surface area contributed by atoms with E-state index in [1.54, 1.807) is 0 Å². The van der Waals surface area contributed by atoms with E-state index in [1.165, 1.54) is 18.3 Å². The van der Waals surface area contributed by atoms with Crippen LogP contribution in [0.15, 0.2) is 47.5 Å². The molecule has 6 nitrogen and oxygen atoms in total. The van der Waals surface area contributed by atoms with Gasteiger partial charge in [0, 0.05) is 18.8 Å². The van der Waals surface area contributed by atoms with E-state index in [-0.39, 0.29) is 23.9 Å². The van der Waals surface area contributed by atoms with Gasteiger partial charge in [0.05, 0.1) is 28.6 Å². The Labute approximate surface area is 153 Å². The van der Waals surface area contributed by atoms with Crippen LogP contribution in [0.3, 0.4) is 0 Å². The van der Waals surface area contributed by atoms with Crippen molar-refractivity contribution in [3.63, 3.8) is 0 Å². The standard InChI is InChI=1S/C17H14F3N3O3S/c18-17(19,20)13-1-3-15(4-2-13)27(24,25)23-8-6-14(11-23)26-16-9-12(10-21)5-7-22-16/h1-5,7,9,14H,6,8,11H2. The van der Waals surface area contributed by atoms with E-state index >= 15 is 0 Å². The maximum absolute atomic E-state index is 12.6. The number of benzene rings is 1. The Hall–Kier alpha value is -2.64. The second-order valence-corrected chi connectivity index (χ2v) is 7.85. The fourth-order valence-electron chi connectivity index (χ4n) is 2.69. The Morgan fingerprint density at radius 1 is 1.22 bits per heavy atom. The van der Waals surface area contributed by atoms with Crippen molar-refractivity contribution in [3.8, 4) is 11.9 Å². The van der Waals surface area contributed by atoms with Crippen LogP contribution in [0.1, 0.15) is 17.5 Å². The Morgan fingerprint density at radius 2 is 1.93 bits per heavy atom. The zero-order chi connectivity index (χ0) is 19.7. The predicted octanol–water partition coefficient (Wildman–Crippen LogP) is 2.81. The molecule has 27 heavy (non-hydrogen) atoms. The maximum Gasteiger partial charge on any atom is 0.416 e. The van der Waals surface area contributed by atoms with Crippen LogP contribution in [0.5, 0.6) is 5.88 Å². The average molecular weight is 397 g/mol. The van der Waals surface area contributed by atoms with E-state index in [4.69, 9.17) is 10.00 Å². The summed E-state index contributed by atoms with van der Waals surface area (Å²) in [5.41, 5.74) is -0.542. The molecule has 0 radical (unpaired) electrons. The first-order valence-electron chi connectivity index (χ1n) is 7.90. The Morgan fingerprint density at radius 3 is 2.56 bits per heavy atom. The number of hydrogen-bond donors (Lipinski definition) is 0. The molecule has 1 fully saturated rings. The molecule has 1 aromatic carbocycles. The van der Waals surface area contributed by atoms with E-state index < -0.39 is 27.9 Å². The van der Waals surface area contributed by atoms with Crippen LogP contribution in [0.25, 0.3) is 0 Å². The lowest BCUT2D eigenvalue weighted by atomic mass is 10.2. The highest BCUT2D eigenvalue weighted by molar-refractivity contribution is 7.89. The summed E-state index contributed by atoms with van der Waals surface area (Å²) in [5.74, 6) is 0.216. The van der Waals surface area contributed by atoms with Gasteiger partial charge in [-0.3, -0.25) is 0 Å². The first-order valence-corrected chi connectivity index (χ1v) is 9.34. The molecule has 0 amide bonds. The topological polar surface area (TPSA) is 83.3 Å². The largest absolute Gasteiger partial charge is 0.473 e. The van der Waals surface area contributed by atoms with Gasteiger partial charge in [-0.05, 0) is 36.8 Å². The monoisotopic (exact) mass is 397 g/mol. The third-order valence-corrected chi connectivity index (χ3v) is 5.96. The van der Waals surface area contributed by atoms with Crippen molar-refractivity contribution in [3.05, 3.63) is 53.7 Å². The Bertz CT molecular complexity index is 969. The molecule has 1 atom stereocenters. The number of alkyl halides is 3. The predicted molar refractivity (Wildman–Crippen MR) is 88.2 cm³/mol. The SMILES string of the molecule is N#Cc1ccnc(OC2CCN(S(=O)(=O)c3ccc(C(F)(F)F)cc3)C2)c1. The van der Waals surface area contributed by atoms with E-state index in [0.717, 1.165) is 28.6 Å². The van der Waals surface area contributed by atoms with Gasteiger partial charge in [0.1, 0.15) is 6.10 Å². The summed E-state index contributed by atoms with van der Waals surface area (Å²) >= 11 is 0. The molecule has 0 spiro atoms. The molecule has 142 valence electrons. The normalized spacial score (nSPS) is 18.2. The number of nitriles is 1. The molecule has 1 unspecified atom stereocenters. The maximum atomic E-state index is 12.6. The molecule has 1 aliphatic heterocycles. The molecule has 2 heterocycles. The summed E-state index contributed by atoms with van der Waals surface area (Å²) < 4.78 is 69.9. The van der Waals surface area contributed by atoms with Gasteiger partial charge in [-0.25, -0.2) is 13.4 Å². The van der Waals surface area contributed by atoms with Crippen molar-refractivity contribution in [1.82, 2.24) is 9.29 Å². The number of hydrogen-bond acceptors (Lipinski definition) is 5. The summed E-state index contributed by atoms with van der Waals surface area (Å²) in [6.45, 7) is 0.216. The quantitative estimate of drug-likeness (QED) is 0.792. The molecule has 1 saturated heterocycles. The molecule has 0 N–H and O–H groups in total. The van der Waals surface area contributed by atoms with Gasteiger partial charge in [-0.2, -0.15) is 22.7 Å². The molecule has 0 saturated carbocycles. The fraction of sp³-hybridized carbons (Fsp3) is 0.294. The number of rotatable bonds is 4. The zero-order valence-electron chi connectivity index (χ0n) is 13.8. The highest BCUT2D eigenvalue weighted by atomic mass is 32.2. The summed E-state index contributed by atoms with van der Waals surface area (Å²) in [6.07, 6.45) is -3.17. The minimum Gasteiger partial charge on any atom is -0.473 e. The van der Waals surface area contributed by atoms with Crippen molar-refractivity contribution < 1.29 is 26.3 Å². The van der Waals surface area contributed by atoms with Gasteiger partial charge in [0.15, 0.2) is 0 Å². The van der Waals surface area contributed by atoms with Crippen LogP contribution in [0, 0.1) is 11.3 Å². The smallest absolute Gasteiger partial charge is 0.416 e. The van der Waals surface area contributed by atoms with Gasteiger partial charge >= 0.3 is 6.18 Å². The minimum atomic E-state index is -4.53. The molecular weight excluding hydrogens is 383 g/mol.